The molecule has 9 nitrogen and oxygen atoms in total. The van der Waals surface area contributed by atoms with E-state index in [0.717, 1.165) is 64.2 Å². The van der Waals surface area contributed by atoms with Crippen molar-refractivity contribution in [1.82, 2.24) is 16.0 Å². The van der Waals surface area contributed by atoms with Gasteiger partial charge in [-0.3, -0.25) is 9.59 Å². The number of carbonyl (C=O) groups excluding carboxylic acids is 2. The lowest BCUT2D eigenvalue weighted by Crippen LogP contribution is -2.57. The predicted molar refractivity (Wildman–Crippen MR) is 180 cm³/mol. The van der Waals surface area contributed by atoms with Gasteiger partial charge in [0.15, 0.2) is 5.79 Å². The Kier molecular flexibility index (Phi) is 17.8. The first kappa shape index (κ1) is 39.3. The van der Waals surface area contributed by atoms with Crippen LogP contribution < -0.4 is 16.0 Å². The molecule has 0 aromatic heterocycles. The second-order valence-corrected chi connectivity index (χ2v) is 14.8. The van der Waals surface area contributed by atoms with E-state index in [2.05, 4.69) is 29.8 Å². The molecule has 262 valence electrons. The number of carboxylic acid groups (broad SMARTS) is 1. The second-order valence-electron chi connectivity index (χ2n) is 14.8. The third-order valence-corrected chi connectivity index (χ3v) is 9.75. The Hall–Kier alpha value is -1.87. The van der Waals surface area contributed by atoms with Gasteiger partial charge in [0.05, 0.1) is 12.5 Å². The van der Waals surface area contributed by atoms with Crippen LogP contribution in [-0.2, 0) is 19.1 Å². The van der Waals surface area contributed by atoms with Gasteiger partial charge >= 0.3 is 12.0 Å². The summed E-state index contributed by atoms with van der Waals surface area (Å²) in [6.45, 7) is 12.2. The molecule has 0 spiro atoms. The van der Waals surface area contributed by atoms with Crippen molar-refractivity contribution in [2.75, 3.05) is 13.2 Å². The number of amides is 3. The van der Waals surface area contributed by atoms with Gasteiger partial charge < -0.3 is 30.5 Å². The minimum Gasteiger partial charge on any atom is -0.481 e. The van der Waals surface area contributed by atoms with Crippen molar-refractivity contribution in [3.05, 3.63) is 0 Å². The molecule has 45 heavy (non-hydrogen) atoms. The lowest BCUT2D eigenvalue weighted by atomic mass is 9.82. The van der Waals surface area contributed by atoms with Crippen molar-refractivity contribution in [2.24, 2.45) is 17.3 Å². The smallest absolute Gasteiger partial charge is 0.315 e. The number of aliphatic carboxylic acids is 1. The second kappa shape index (κ2) is 20.4. The maximum Gasteiger partial charge on any atom is 0.315 e. The topological polar surface area (TPSA) is 126 Å². The number of unbranched alkanes of at least 4 members (excludes halogenated alkanes) is 9. The highest BCUT2D eigenvalue weighted by atomic mass is 16.7. The number of carboxylic acids is 1. The van der Waals surface area contributed by atoms with Gasteiger partial charge in [-0.15, -0.1) is 0 Å². The Morgan fingerprint density at radius 1 is 0.822 bits per heavy atom. The van der Waals surface area contributed by atoms with Crippen LogP contribution in [0.5, 0.6) is 0 Å². The summed E-state index contributed by atoms with van der Waals surface area (Å²) in [5.41, 5.74) is -0.550. The summed E-state index contributed by atoms with van der Waals surface area (Å²) in [6, 6.07) is -0.331. The van der Waals surface area contributed by atoms with Gasteiger partial charge in [-0.2, -0.15) is 0 Å². The fraction of sp³-hybridized carbons (Fsp3) is 0.917. The Balaban J connectivity index is 1.99. The van der Waals surface area contributed by atoms with E-state index in [1.807, 2.05) is 13.8 Å². The molecule has 1 heterocycles. The summed E-state index contributed by atoms with van der Waals surface area (Å²) in [6.07, 6.45) is 19.0. The van der Waals surface area contributed by atoms with Crippen LogP contribution in [0.25, 0.3) is 0 Å². The van der Waals surface area contributed by atoms with E-state index in [4.69, 9.17) is 9.47 Å². The van der Waals surface area contributed by atoms with Gasteiger partial charge in [-0.25, -0.2) is 4.79 Å². The van der Waals surface area contributed by atoms with E-state index >= 15 is 0 Å². The van der Waals surface area contributed by atoms with Crippen LogP contribution >= 0.6 is 0 Å². The van der Waals surface area contributed by atoms with Crippen molar-refractivity contribution < 1.29 is 29.0 Å². The van der Waals surface area contributed by atoms with E-state index in [9.17, 15) is 19.5 Å². The van der Waals surface area contributed by atoms with E-state index in [0.29, 0.717) is 13.0 Å². The molecule has 2 fully saturated rings. The molecular formula is C36H67N3O6. The molecule has 1 saturated carbocycles. The maximum atomic E-state index is 13.4. The van der Waals surface area contributed by atoms with Gasteiger partial charge in [-0.1, -0.05) is 118 Å². The Labute approximate surface area is 274 Å². The minimum absolute atomic E-state index is 0.00601. The van der Waals surface area contributed by atoms with Crippen LogP contribution in [-0.4, -0.2) is 60.1 Å². The highest BCUT2D eigenvalue weighted by Crippen LogP contribution is 2.35. The van der Waals surface area contributed by atoms with Crippen LogP contribution in [0.15, 0.2) is 0 Å². The van der Waals surface area contributed by atoms with E-state index in [-0.39, 0.29) is 36.5 Å². The predicted octanol–water partition coefficient (Wildman–Crippen LogP) is 7.71. The minimum atomic E-state index is -0.950. The lowest BCUT2D eigenvalue weighted by molar-refractivity contribution is -0.304. The van der Waals surface area contributed by atoms with E-state index < -0.39 is 29.2 Å². The SMILES string of the molecule is CCCCCCCCCCC(CCCCC)NC(=O)NC1CCCCCC1C(CNC(=O)C1OC(C)(C)OCC1(C)C)C(=O)O. The first-order valence-electron chi connectivity index (χ1n) is 18.3. The monoisotopic (exact) mass is 638 g/mol. The molecule has 1 aliphatic carbocycles. The van der Waals surface area contributed by atoms with E-state index in [1.165, 1.54) is 44.9 Å². The Bertz CT molecular complexity index is 879. The van der Waals surface area contributed by atoms with Crippen molar-refractivity contribution in [1.29, 1.82) is 0 Å². The Morgan fingerprint density at radius 3 is 2.04 bits per heavy atom. The van der Waals surface area contributed by atoms with Gasteiger partial charge in [0.1, 0.15) is 6.10 Å². The average molecular weight is 638 g/mol. The van der Waals surface area contributed by atoms with Gasteiger partial charge in [-0.05, 0) is 45.4 Å². The number of ether oxygens (including phenoxy) is 2. The molecule has 4 N–H and O–H groups in total. The normalized spacial score (nSPS) is 24.2. The summed E-state index contributed by atoms with van der Waals surface area (Å²) in [5, 5.41) is 19.7. The summed E-state index contributed by atoms with van der Waals surface area (Å²) < 4.78 is 11.7. The molecule has 1 aliphatic heterocycles. The van der Waals surface area contributed by atoms with E-state index in [1.54, 1.807) is 13.8 Å². The van der Waals surface area contributed by atoms with Crippen LogP contribution in [0.4, 0.5) is 4.79 Å². The van der Waals surface area contributed by atoms with Crippen LogP contribution in [0, 0.1) is 17.3 Å². The fourth-order valence-electron chi connectivity index (χ4n) is 6.89. The molecule has 5 unspecified atom stereocenters. The van der Waals surface area contributed by atoms with Crippen LogP contribution in [0.1, 0.15) is 157 Å². The third-order valence-electron chi connectivity index (χ3n) is 9.75. The molecule has 3 amide bonds. The average Bonchev–Trinajstić information content (AvgIpc) is 3.21. The number of hydrogen-bond acceptors (Lipinski definition) is 5. The number of nitrogens with one attached hydrogen (secondary N) is 3. The zero-order valence-corrected chi connectivity index (χ0v) is 29.5. The third kappa shape index (κ3) is 14.6. The van der Waals surface area contributed by atoms with Crippen LogP contribution in [0.2, 0.25) is 0 Å². The van der Waals surface area contributed by atoms with Gasteiger partial charge in [0.2, 0.25) is 5.91 Å². The molecule has 0 aromatic rings. The molecule has 1 saturated heterocycles. The van der Waals surface area contributed by atoms with Crippen LogP contribution in [0.3, 0.4) is 0 Å². The highest BCUT2D eigenvalue weighted by Gasteiger charge is 2.46. The summed E-state index contributed by atoms with van der Waals surface area (Å²) in [7, 11) is 0. The maximum absolute atomic E-state index is 13.4. The summed E-state index contributed by atoms with van der Waals surface area (Å²) in [5.74, 6) is -3.26. The zero-order valence-electron chi connectivity index (χ0n) is 29.5. The standard InChI is InChI=1S/C36H67N3O6/c1-7-9-11-12-13-14-15-18-22-27(21-17-10-8-2)38-34(43)39-30-24-20-16-19-23-28(30)29(33(41)42)25-37-32(40)31-35(3,4)26-44-36(5,6)45-31/h27-31H,7-26H2,1-6H3,(H,37,40)(H,41,42)(H2,38,39,43). The first-order valence-corrected chi connectivity index (χ1v) is 18.3. The van der Waals surface area contributed by atoms with Gasteiger partial charge in [0, 0.05) is 24.0 Å². The first-order chi connectivity index (χ1) is 21.4. The zero-order chi connectivity index (χ0) is 33.3. The summed E-state index contributed by atoms with van der Waals surface area (Å²) in [4.78, 5) is 39.3. The number of urea groups is 1. The molecular weight excluding hydrogens is 570 g/mol. The molecule has 0 radical (unpaired) electrons. The lowest BCUT2D eigenvalue weighted by Gasteiger charge is -2.44. The van der Waals surface area contributed by atoms with Crippen molar-refractivity contribution in [3.8, 4) is 0 Å². The van der Waals surface area contributed by atoms with Gasteiger partial charge in [0.25, 0.3) is 0 Å². The fourth-order valence-corrected chi connectivity index (χ4v) is 6.89. The molecule has 2 aliphatic rings. The molecule has 5 atom stereocenters. The largest absolute Gasteiger partial charge is 0.481 e. The molecule has 0 bridgehead atoms. The molecule has 0 aromatic carbocycles. The quantitative estimate of drug-likeness (QED) is 0.0800. The number of hydrogen-bond donors (Lipinski definition) is 4. The summed E-state index contributed by atoms with van der Waals surface area (Å²) >= 11 is 0. The van der Waals surface area contributed by atoms with Crippen molar-refractivity contribution >= 4 is 17.9 Å². The van der Waals surface area contributed by atoms with Crippen molar-refractivity contribution in [3.63, 3.8) is 0 Å². The Morgan fingerprint density at radius 2 is 1.40 bits per heavy atom. The van der Waals surface area contributed by atoms with Crippen molar-refractivity contribution in [2.45, 2.75) is 181 Å². The molecule has 2 rings (SSSR count). The highest BCUT2D eigenvalue weighted by molar-refractivity contribution is 5.82. The number of rotatable bonds is 20. The molecule has 9 heteroatoms. The number of carbonyl (C=O) groups is 3.